The van der Waals surface area contributed by atoms with Gasteiger partial charge in [-0.15, -0.1) is 0 Å². The highest BCUT2D eigenvalue weighted by Crippen LogP contribution is 2.28. The van der Waals surface area contributed by atoms with Crippen LogP contribution in [0.4, 0.5) is 5.69 Å². The van der Waals surface area contributed by atoms with E-state index in [0.29, 0.717) is 18.4 Å². The van der Waals surface area contributed by atoms with E-state index in [1.54, 1.807) is 0 Å². The highest BCUT2D eigenvalue weighted by molar-refractivity contribution is 5.45. The molecule has 2 rings (SSSR count). The molecule has 0 N–H and O–H groups in total. The smallest absolute Gasteiger partial charge is 0.213 e. The summed E-state index contributed by atoms with van der Waals surface area (Å²) in [6, 6.07) is 4.09. The van der Waals surface area contributed by atoms with Gasteiger partial charge in [-0.3, -0.25) is 4.90 Å². The average Bonchev–Trinajstić information content (AvgIpc) is 2.60. The van der Waals surface area contributed by atoms with Gasteiger partial charge in [0.05, 0.1) is 29.7 Å². The van der Waals surface area contributed by atoms with Crippen LogP contribution in [-0.2, 0) is 4.74 Å². The number of nitrogens with zero attached hydrogens (tertiary/aromatic N) is 3. The molecular formula is C23H41N3O2. The highest BCUT2D eigenvalue weighted by Gasteiger charge is 2.30. The first kappa shape index (κ1) is 23.0. The van der Waals surface area contributed by atoms with E-state index in [9.17, 15) is 0 Å². The number of aromatic nitrogens is 1. The van der Waals surface area contributed by atoms with E-state index in [1.165, 1.54) is 12.1 Å². The zero-order valence-electron chi connectivity index (χ0n) is 19.1. The Labute approximate surface area is 172 Å². The van der Waals surface area contributed by atoms with Crippen molar-refractivity contribution < 1.29 is 9.47 Å². The Balaban J connectivity index is 1.83. The molecule has 0 saturated carbocycles. The lowest BCUT2D eigenvalue weighted by Crippen LogP contribution is -2.48. The summed E-state index contributed by atoms with van der Waals surface area (Å²) in [6.45, 7) is 21.3. The molecule has 0 radical (unpaired) electrons. The molecule has 5 heteroatoms. The van der Waals surface area contributed by atoms with Gasteiger partial charge in [0.25, 0.3) is 0 Å². The van der Waals surface area contributed by atoms with E-state index >= 15 is 0 Å². The Bertz CT molecular complexity index is 573. The molecule has 0 amide bonds. The normalized spacial score (nSPS) is 17.6. The third kappa shape index (κ3) is 7.59. The molecule has 0 spiro atoms. The number of hydrogen-bond acceptors (Lipinski definition) is 5. The van der Waals surface area contributed by atoms with Crippen LogP contribution in [0.3, 0.4) is 0 Å². The number of rotatable bonds is 9. The molecule has 1 fully saturated rings. The second kappa shape index (κ2) is 9.93. The van der Waals surface area contributed by atoms with Crippen LogP contribution >= 0.6 is 0 Å². The molecule has 1 atom stereocenters. The van der Waals surface area contributed by atoms with Crippen LogP contribution in [0.5, 0.6) is 5.88 Å². The molecular weight excluding hydrogens is 350 g/mol. The van der Waals surface area contributed by atoms with Crippen LogP contribution in [0.2, 0.25) is 0 Å². The Morgan fingerprint density at radius 3 is 2.21 bits per heavy atom. The minimum Gasteiger partial charge on any atom is -0.478 e. The van der Waals surface area contributed by atoms with E-state index in [0.717, 1.165) is 39.1 Å². The fraction of sp³-hybridized carbons (Fsp3) is 0.783. The van der Waals surface area contributed by atoms with Crippen LogP contribution < -0.4 is 9.64 Å². The minimum absolute atomic E-state index is 0.0886. The van der Waals surface area contributed by atoms with Gasteiger partial charge in [0, 0.05) is 38.8 Å². The Morgan fingerprint density at radius 2 is 1.71 bits per heavy atom. The van der Waals surface area contributed by atoms with Gasteiger partial charge in [0.15, 0.2) is 0 Å². The van der Waals surface area contributed by atoms with E-state index in [-0.39, 0.29) is 11.2 Å². The van der Waals surface area contributed by atoms with Gasteiger partial charge in [0.1, 0.15) is 0 Å². The lowest BCUT2D eigenvalue weighted by molar-refractivity contribution is -0.123. The van der Waals surface area contributed by atoms with E-state index in [4.69, 9.17) is 9.47 Å². The Kier molecular flexibility index (Phi) is 8.14. The van der Waals surface area contributed by atoms with Gasteiger partial charge in [-0.25, -0.2) is 4.98 Å². The molecule has 1 saturated heterocycles. The SMILES string of the molecule is CCOc1ccc(N2CCN(CC(CC)CC(C)(C)OC(C)(C)C)CC2)cn1. The molecule has 1 unspecified atom stereocenters. The third-order valence-electron chi connectivity index (χ3n) is 5.21. The molecule has 0 aromatic carbocycles. The standard InChI is InChI=1S/C23H41N3O2/c1-8-19(16-23(6,7)28-22(3,4)5)18-25-12-14-26(15-13-25)20-10-11-21(24-17-20)27-9-2/h10-11,17,19H,8-9,12-16,18H2,1-7H3. The lowest BCUT2D eigenvalue weighted by atomic mass is 9.90. The molecule has 28 heavy (non-hydrogen) atoms. The predicted octanol–water partition coefficient (Wildman–Crippen LogP) is 4.61. The van der Waals surface area contributed by atoms with Gasteiger partial charge in [0.2, 0.25) is 5.88 Å². The Morgan fingerprint density at radius 1 is 1.04 bits per heavy atom. The first-order valence-corrected chi connectivity index (χ1v) is 10.9. The zero-order chi connectivity index (χ0) is 20.8. The molecule has 0 bridgehead atoms. The topological polar surface area (TPSA) is 37.8 Å². The van der Waals surface area contributed by atoms with Gasteiger partial charge in [-0.1, -0.05) is 13.3 Å². The second-order valence-corrected chi connectivity index (χ2v) is 9.53. The van der Waals surface area contributed by atoms with Crippen molar-refractivity contribution in [3.8, 4) is 5.88 Å². The minimum atomic E-state index is -0.0980. The molecule has 1 aromatic rings. The number of hydrogen-bond donors (Lipinski definition) is 0. The molecule has 2 heterocycles. The summed E-state index contributed by atoms with van der Waals surface area (Å²) in [4.78, 5) is 9.44. The summed E-state index contributed by atoms with van der Waals surface area (Å²) in [5.41, 5.74) is 1.00. The van der Waals surface area contributed by atoms with Crippen LogP contribution in [-0.4, -0.2) is 60.4 Å². The second-order valence-electron chi connectivity index (χ2n) is 9.53. The highest BCUT2D eigenvalue weighted by atomic mass is 16.5. The number of pyridine rings is 1. The van der Waals surface area contributed by atoms with Crippen molar-refractivity contribution in [3.05, 3.63) is 18.3 Å². The molecule has 1 aromatic heterocycles. The van der Waals surface area contributed by atoms with Crippen LogP contribution in [0, 0.1) is 5.92 Å². The molecule has 0 aliphatic carbocycles. The van der Waals surface area contributed by atoms with Crippen LogP contribution in [0.15, 0.2) is 18.3 Å². The van der Waals surface area contributed by atoms with Gasteiger partial charge >= 0.3 is 0 Å². The largest absolute Gasteiger partial charge is 0.478 e. The number of piperazine rings is 1. The molecule has 160 valence electrons. The van der Waals surface area contributed by atoms with Crippen LogP contribution in [0.1, 0.15) is 61.3 Å². The molecule has 5 nitrogen and oxygen atoms in total. The maximum Gasteiger partial charge on any atom is 0.213 e. The molecule has 1 aliphatic rings. The zero-order valence-corrected chi connectivity index (χ0v) is 19.1. The fourth-order valence-electron chi connectivity index (χ4n) is 4.25. The fourth-order valence-corrected chi connectivity index (χ4v) is 4.25. The summed E-state index contributed by atoms with van der Waals surface area (Å²) in [5, 5.41) is 0. The van der Waals surface area contributed by atoms with Crippen molar-refractivity contribution in [1.29, 1.82) is 0 Å². The van der Waals surface area contributed by atoms with Gasteiger partial charge in [-0.2, -0.15) is 0 Å². The van der Waals surface area contributed by atoms with Crippen molar-refractivity contribution in [2.75, 3.05) is 44.2 Å². The van der Waals surface area contributed by atoms with Crippen molar-refractivity contribution in [2.24, 2.45) is 5.92 Å². The summed E-state index contributed by atoms with van der Waals surface area (Å²) in [7, 11) is 0. The van der Waals surface area contributed by atoms with E-state index in [2.05, 4.69) is 62.4 Å². The number of anilines is 1. The maximum absolute atomic E-state index is 6.30. The van der Waals surface area contributed by atoms with Gasteiger partial charge in [-0.05, 0) is 59.9 Å². The predicted molar refractivity (Wildman–Crippen MR) is 117 cm³/mol. The summed E-state index contributed by atoms with van der Waals surface area (Å²) < 4.78 is 11.7. The third-order valence-corrected chi connectivity index (χ3v) is 5.21. The first-order chi connectivity index (χ1) is 13.1. The van der Waals surface area contributed by atoms with Crippen molar-refractivity contribution >= 4 is 5.69 Å². The van der Waals surface area contributed by atoms with E-state index in [1.807, 2.05) is 19.2 Å². The maximum atomic E-state index is 6.30. The van der Waals surface area contributed by atoms with E-state index < -0.39 is 0 Å². The van der Waals surface area contributed by atoms with Crippen molar-refractivity contribution in [1.82, 2.24) is 9.88 Å². The average molecular weight is 392 g/mol. The molecule has 1 aliphatic heterocycles. The quantitative estimate of drug-likeness (QED) is 0.614. The van der Waals surface area contributed by atoms with Gasteiger partial charge < -0.3 is 14.4 Å². The van der Waals surface area contributed by atoms with Crippen molar-refractivity contribution in [2.45, 2.75) is 72.5 Å². The lowest BCUT2D eigenvalue weighted by Gasteiger charge is -2.40. The van der Waals surface area contributed by atoms with Crippen molar-refractivity contribution in [3.63, 3.8) is 0 Å². The first-order valence-electron chi connectivity index (χ1n) is 10.9. The Hall–Kier alpha value is -1.33. The number of ether oxygens (including phenoxy) is 2. The summed E-state index contributed by atoms with van der Waals surface area (Å²) in [6.07, 6.45) is 4.23. The summed E-state index contributed by atoms with van der Waals surface area (Å²) in [5.74, 6) is 1.37. The summed E-state index contributed by atoms with van der Waals surface area (Å²) >= 11 is 0. The monoisotopic (exact) mass is 391 g/mol. The van der Waals surface area contributed by atoms with Crippen LogP contribution in [0.25, 0.3) is 0 Å².